The first-order chi connectivity index (χ1) is 13.1. The Labute approximate surface area is 166 Å². The molecule has 0 saturated carbocycles. The van der Waals surface area contributed by atoms with E-state index in [-0.39, 0.29) is 0 Å². The van der Waals surface area contributed by atoms with Gasteiger partial charge in [0.2, 0.25) is 0 Å². The molecule has 2 nitrogen and oxygen atoms in total. The Morgan fingerprint density at radius 1 is 0.593 bits per heavy atom. The highest BCUT2D eigenvalue weighted by Gasteiger charge is 2.10. The summed E-state index contributed by atoms with van der Waals surface area (Å²) in [5.41, 5.74) is 8.42. The minimum atomic E-state index is 1.06. The number of benzene rings is 3. The summed E-state index contributed by atoms with van der Waals surface area (Å²) in [5.74, 6) is 0. The maximum Gasteiger partial charge on any atom is 0.124 e. The highest BCUT2D eigenvalue weighted by molar-refractivity contribution is 7.21. The topological polar surface area (TPSA) is 25.8 Å². The van der Waals surface area contributed by atoms with Crippen molar-refractivity contribution in [2.45, 2.75) is 20.8 Å². The van der Waals surface area contributed by atoms with Crippen molar-refractivity contribution in [1.29, 1.82) is 0 Å². The molecule has 0 aliphatic carbocycles. The van der Waals surface area contributed by atoms with Crippen LogP contribution in [0.5, 0.6) is 0 Å². The van der Waals surface area contributed by atoms with Gasteiger partial charge in [0.05, 0.1) is 25.4 Å². The molecule has 4 heteroatoms. The smallest absolute Gasteiger partial charge is 0.124 e. The third kappa shape index (κ3) is 2.95. The Bertz CT molecular complexity index is 1310. The molecule has 0 N–H and O–H groups in total. The molecule has 0 amide bonds. The second kappa shape index (κ2) is 6.25. The van der Waals surface area contributed by atoms with Gasteiger partial charge in [-0.3, -0.25) is 0 Å². The molecule has 0 bridgehead atoms. The second-order valence-electron chi connectivity index (χ2n) is 6.92. The van der Waals surface area contributed by atoms with Crippen LogP contribution in [0.1, 0.15) is 16.1 Å². The van der Waals surface area contributed by atoms with Gasteiger partial charge < -0.3 is 0 Å². The Hall–Kier alpha value is -2.56. The molecular formula is C23H18N2S2. The van der Waals surface area contributed by atoms with E-state index in [1.54, 1.807) is 22.7 Å². The van der Waals surface area contributed by atoms with E-state index in [1.165, 1.54) is 37.2 Å². The lowest BCUT2D eigenvalue weighted by atomic mass is 10.1. The Balaban J connectivity index is 1.59. The summed E-state index contributed by atoms with van der Waals surface area (Å²) >= 11 is 3.51. The third-order valence-electron chi connectivity index (χ3n) is 4.97. The van der Waals surface area contributed by atoms with E-state index < -0.39 is 0 Å². The van der Waals surface area contributed by atoms with Crippen LogP contribution in [0.3, 0.4) is 0 Å². The lowest BCUT2D eigenvalue weighted by Gasteiger charge is -2.01. The highest BCUT2D eigenvalue weighted by atomic mass is 32.1. The molecular weight excluding hydrogens is 368 g/mol. The van der Waals surface area contributed by atoms with Crippen LogP contribution in [0.15, 0.2) is 54.6 Å². The SMILES string of the molecule is Cc1nc2ccc(-c3ccc4nc(-c5ccc(C)c(C)c5)sc4c3)cc2s1. The predicted molar refractivity (Wildman–Crippen MR) is 118 cm³/mol. The molecule has 0 atom stereocenters. The molecule has 3 aromatic carbocycles. The summed E-state index contributed by atoms with van der Waals surface area (Å²) in [6.45, 7) is 6.36. The van der Waals surface area contributed by atoms with E-state index in [1.807, 2.05) is 0 Å². The van der Waals surface area contributed by atoms with Crippen LogP contribution in [0.4, 0.5) is 0 Å². The molecule has 0 saturated heterocycles. The summed E-state index contributed by atoms with van der Waals surface area (Å²) in [6.07, 6.45) is 0. The van der Waals surface area contributed by atoms with Crippen LogP contribution in [0.25, 0.3) is 42.1 Å². The molecule has 0 fully saturated rings. The number of nitrogens with zero attached hydrogens (tertiary/aromatic N) is 2. The normalized spacial score (nSPS) is 11.5. The molecule has 5 rings (SSSR count). The van der Waals surface area contributed by atoms with Crippen molar-refractivity contribution < 1.29 is 0 Å². The average molecular weight is 387 g/mol. The fourth-order valence-electron chi connectivity index (χ4n) is 3.32. The summed E-state index contributed by atoms with van der Waals surface area (Å²) in [7, 11) is 0. The molecule has 2 aromatic heterocycles. The summed E-state index contributed by atoms with van der Waals surface area (Å²) in [4.78, 5) is 9.41. The van der Waals surface area contributed by atoms with Gasteiger partial charge in [-0.25, -0.2) is 9.97 Å². The standard InChI is InChI=1S/C23H18N2S2/c1-13-4-5-18(10-14(13)2)23-25-20-9-7-17(12-22(20)27-23)16-6-8-19-21(11-16)26-15(3)24-19/h4-12H,1-3H3. The fourth-order valence-corrected chi connectivity index (χ4v) is 5.19. The molecule has 132 valence electrons. The van der Waals surface area contributed by atoms with Crippen LogP contribution in [-0.2, 0) is 0 Å². The molecule has 0 radical (unpaired) electrons. The first-order valence-electron chi connectivity index (χ1n) is 8.93. The van der Waals surface area contributed by atoms with Crippen molar-refractivity contribution in [3.05, 3.63) is 70.7 Å². The summed E-state index contributed by atoms with van der Waals surface area (Å²) < 4.78 is 2.46. The largest absolute Gasteiger partial charge is 0.242 e. The van der Waals surface area contributed by atoms with Crippen molar-refractivity contribution in [2.24, 2.45) is 0 Å². The van der Waals surface area contributed by atoms with Gasteiger partial charge in [-0.1, -0.05) is 24.3 Å². The lowest BCUT2D eigenvalue weighted by molar-refractivity contribution is 1.33. The van der Waals surface area contributed by atoms with Crippen molar-refractivity contribution in [2.75, 3.05) is 0 Å². The first-order valence-corrected chi connectivity index (χ1v) is 10.6. The molecule has 0 spiro atoms. The van der Waals surface area contributed by atoms with E-state index >= 15 is 0 Å². The van der Waals surface area contributed by atoms with Crippen molar-refractivity contribution in [3.63, 3.8) is 0 Å². The zero-order chi connectivity index (χ0) is 18.5. The zero-order valence-electron chi connectivity index (χ0n) is 15.4. The van der Waals surface area contributed by atoms with E-state index in [0.717, 1.165) is 21.0 Å². The number of aromatic nitrogens is 2. The number of aryl methyl sites for hydroxylation is 3. The Kier molecular flexibility index (Phi) is 3.85. The monoisotopic (exact) mass is 386 g/mol. The molecule has 27 heavy (non-hydrogen) atoms. The number of rotatable bonds is 2. The van der Waals surface area contributed by atoms with Crippen LogP contribution >= 0.6 is 22.7 Å². The van der Waals surface area contributed by atoms with Crippen molar-refractivity contribution >= 4 is 43.1 Å². The van der Waals surface area contributed by atoms with Crippen LogP contribution in [0, 0.1) is 20.8 Å². The van der Waals surface area contributed by atoms with Gasteiger partial charge in [-0.15, -0.1) is 22.7 Å². The zero-order valence-corrected chi connectivity index (χ0v) is 17.0. The van der Waals surface area contributed by atoms with Gasteiger partial charge >= 0.3 is 0 Å². The van der Waals surface area contributed by atoms with E-state index in [4.69, 9.17) is 4.98 Å². The average Bonchev–Trinajstić information content (AvgIpc) is 3.24. The van der Waals surface area contributed by atoms with Crippen LogP contribution in [-0.4, -0.2) is 9.97 Å². The third-order valence-corrected chi connectivity index (χ3v) is 6.97. The molecule has 2 heterocycles. The molecule has 0 aliphatic rings. The van der Waals surface area contributed by atoms with Crippen molar-refractivity contribution in [1.82, 2.24) is 9.97 Å². The van der Waals surface area contributed by atoms with Gasteiger partial charge in [0.15, 0.2) is 0 Å². The maximum atomic E-state index is 4.85. The second-order valence-corrected chi connectivity index (χ2v) is 9.18. The number of fused-ring (bicyclic) bond motifs is 2. The highest BCUT2D eigenvalue weighted by Crippen LogP contribution is 2.35. The molecule has 5 aromatic rings. The summed E-state index contributed by atoms with van der Waals surface area (Å²) in [6, 6.07) is 19.6. The van der Waals surface area contributed by atoms with Gasteiger partial charge in [0.1, 0.15) is 5.01 Å². The summed E-state index contributed by atoms with van der Waals surface area (Å²) in [5, 5.41) is 2.19. The fraction of sp³-hybridized carbons (Fsp3) is 0.130. The quantitative estimate of drug-likeness (QED) is 0.321. The minimum Gasteiger partial charge on any atom is -0.242 e. The minimum absolute atomic E-state index is 1.06. The van der Waals surface area contributed by atoms with Gasteiger partial charge in [-0.05, 0) is 73.4 Å². The number of hydrogen-bond acceptors (Lipinski definition) is 4. The Morgan fingerprint density at radius 2 is 1.22 bits per heavy atom. The molecule has 0 unspecified atom stereocenters. The van der Waals surface area contributed by atoms with E-state index in [2.05, 4.69) is 80.4 Å². The lowest BCUT2D eigenvalue weighted by Crippen LogP contribution is -1.82. The number of hydrogen-bond donors (Lipinski definition) is 0. The van der Waals surface area contributed by atoms with E-state index in [9.17, 15) is 0 Å². The van der Waals surface area contributed by atoms with Gasteiger partial charge in [-0.2, -0.15) is 0 Å². The van der Waals surface area contributed by atoms with Crippen molar-refractivity contribution in [3.8, 4) is 21.7 Å². The molecule has 0 aliphatic heterocycles. The van der Waals surface area contributed by atoms with Gasteiger partial charge in [0, 0.05) is 5.56 Å². The van der Waals surface area contributed by atoms with E-state index in [0.29, 0.717) is 0 Å². The van der Waals surface area contributed by atoms with Crippen LogP contribution in [0.2, 0.25) is 0 Å². The first kappa shape index (κ1) is 16.6. The number of thiazole rings is 2. The predicted octanol–water partition coefficient (Wildman–Crippen LogP) is 7.17. The maximum absolute atomic E-state index is 4.85. The Morgan fingerprint density at radius 3 is 1.93 bits per heavy atom. The van der Waals surface area contributed by atoms with Crippen LogP contribution < -0.4 is 0 Å². The van der Waals surface area contributed by atoms with Gasteiger partial charge in [0.25, 0.3) is 0 Å².